The van der Waals surface area contributed by atoms with Gasteiger partial charge in [0, 0.05) is 17.3 Å². The Hall–Kier alpha value is -3.68. The fraction of sp³-hybridized carbons (Fsp3) is 0.194. The molecule has 0 saturated carbocycles. The van der Waals surface area contributed by atoms with Crippen LogP contribution in [-0.4, -0.2) is 31.0 Å². The second-order valence-corrected chi connectivity index (χ2v) is 11.2. The molecule has 5 rings (SSSR count). The summed E-state index contributed by atoms with van der Waals surface area (Å²) in [6.45, 7) is 8.08. The number of benzene rings is 3. The van der Waals surface area contributed by atoms with Gasteiger partial charge in [0.25, 0.3) is 5.91 Å². The van der Waals surface area contributed by atoms with Crippen molar-refractivity contribution in [3.8, 4) is 22.7 Å². The summed E-state index contributed by atoms with van der Waals surface area (Å²) in [5, 5.41) is 4.95. The molecule has 2 heterocycles. The van der Waals surface area contributed by atoms with Gasteiger partial charge in [0.05, 0.1) is 22.7 Å². The van der Waals surface area contributed by atoms with Crippen molar-refractivity contribution < 1.29 is 9.53 Å². The topological polar surface area (TPSA) is 47.4 Å². The van der Waals surface area contributed by atoms with Gasteiger partial charge in [0.2, 0.25) is 0 Å². The number of carbonyl (C=O) groups is 1. The molecule has 1 aliphatic rings. The van der Waals surface area contributed by atoms with Crippen LogP contribution in [0, 0.1) is 6.92 Å². The molecule has 38 heavy (non-hydrogen) atoms. The first-order valence-corrected chi connectivity index (χ1v) is 13.8. The number of hydrogen-bond donors (Lipinski definition) is 0. The smallest absolute Gasteiger partial charge is 0.266 e. The van der Waals surface area contributed by atoms with Crippen LogP contribution in [-0.2, 0) is 4.79 Å². The van der Waals surface area contributed by atoms with E-state index in [-0.39, 0.29) is 18.1 Å². The number of nitrogens with zero attached hydrogens (tertiary/aromatic N) is 3. The van der Waals surface area contributed by atoms with Crippen molar-refractivity contribution in [1.82, 2.24) is 14.7 Å². The molecule has 7 heteroatoms. The van der Waals surface area contributed by atoms with Crippen molar-refractivity contribution in [2.75, 3.05) is 0 Å². The first kappa shape index (κ1) is 25.9. The van der Waals surface area contributed by atoms with Gasteiger partial charge in [-0.2, -0.15) is 5.10 Å². The third-order valence-corrected chi connectivity index (χ3v) is 7.70. The second kappa shape index (κ2) is 11.0. The van der Waals surface area contributed by atoms with Gasteiger partial charge in [-0.3, -0.25) is 9.69 Å². The number of amides is 1. The molecule has 1 saturated heterocycles. The highest BCUT2D eigenvalue weighted by atomic mass is 32.2. The van der Waals surface area contributed by atoms with Crippen LogP contribution in [0.3, 0.4) is 0 Å². The molecular weight excluding hydrogens is 510 g/mol. The number of para-hydroxylation sites is 1. The summed E-state index contributed by atoms with van der Waals surface area (Å²) in [4.78, 5) is 15.9. The molecule has 0 aliphatic carbocycles. The average Bonchev–Trinajstić information content (AvgIpc) is 3.44. The first-order valence-electron chi connectivity index (χ1n) is 12.6. The Labute approximate surface area is 233 Å². The zero-order valence-electron chi connectivity index (χ0n) is 21.8. The number of carbonyl (C=O) groups excluding carboxylic acids is 1. The molecule has 4 aromatic rings. The molecule has 0 radical (unpaired) electrons. The van der Waals surface area contributed by atoms with Crippen LogP contribution < -0.4 is 4.74 Å². The molecular formula is C31H29N3O2S2. The summed E-state index contributed by atoms with van der Waals surface area (Å²) in [7, 11) is 0. The van der Waals surface area contributed by atoms with Gasteiger partial charge in [-0.05, 0) is 75.2 Å². The van der Waals surface area contributed by atoms with E-state index in [1.165, 1.54) is 11.8 Å². The number of rotatable bonds is 7. The van der Waals surface area contributed by atoms with Gasteiger partial charge >= 0.3 is 0 Å². The monoisotopic (exact) mass is 539 g/mol. The highest BCUT2D eigenvalue weighted by Gasteiger charge is 2.36. The Balaban J connectivity index is 1.55. The van der Waals surface area contributed by atoms with Crippen LogP contribution >= 0.6 is 24.0 Å². The summed E-state index contributed by atoms with van der Waals surface area (Å²) in [6.07, 6.45) is 3.97. The van der Waals surface area contributed by atoms with E-state index in [4.69, 9.17) is 22.1 Å². The van der Waals surface area contributed by atoms with Crippen LogP contribution in [0.25, 0.3) is 23.0 Å². The van der Waals surface area contributed by atoms with Gasteiger partial charge < -0.3 is 4.74 Å². The number of aryl methyl sites for hydroxylation is 1. The van der Waals surface area contributed by atoms with E-state index in [1.54, 1.807) is 4.90 Å². The summed E-state index contributed by atoms with van der Waals surface area (Å²) < 4.78 is 8.30. The van der Waals surface area contributed by atoms with Crippen LogP contribution in [0.1, 0.15) is 43.5 Å². The Kier molecular flexibility index (Phi) is 7.49. The molecule has 1 aromatic heterocycles. The van der Waals surface area contributed by atoms with Gasteiger partial charge in [0.15, 0.2) is 0 Å². The molecule has 1 amide bonds. The van der Waals surface area contributed by atoms with Crippen LogP contribution in [0.4, 0.5) is 0 Å². The lowest BCUT2D eigenvalue weighted by atomic mass is 10.0. The van der Waals surface area contributed by atoms with E-state index >= 15 is 0 Å². The summed E-state index contributed by atoms with van der Waals surface area (Å²) in [6, 6.07) is 25.8. The van der Waals surface area contributed by atoms with E-state index in [9.17, 15) is 4.79 Å². The largest absolute Gasteiger partial charge is 0.491 e. The Bertz CT molecular complexity index is 1510. The van der Waals surface area contributed by atoms with Gasteiger partial charge in [-0.1, -0.05) is 72.5 Å². The van der Waals surface area contributed by atoms with E-state index in [0.717, 1.165) is 39.4 Å². The van der Waals surface area contributed by atoms with E-state index in [1.807, 2.05) is 117 Å². The minimum absolute atomic E-state index is 0.0906. The number of thioether (sulfide) groups is 1. The molecule has 5 nitrogen and oxygen atoms in total. The Morgan fingerprint density at radius 3 is 2.32 bits per heavy atom. The standard InChI is InChI=1S/C31H29N3O2S2/c1-20(2)36-26-15-16-27(21(3)17-26)29-24(19-33(32-29)25-13-9-6-10-14-25)18-28-30(35)34(31(37)38-28)22(4)23-11-7-5-8-12-23/h5-20,22H,1-4H3/b28-18-/t22-/m0/s1. The number of ether oxygens (including phenoxy) is 1. The quantitative estimate of drug-likeness (QED) is 0.179. The fourth-order valence-electron chi connectivity index (χ4n) is 4.50. The zero-order chi connectivity index (χ0) is 26.8. The SMILES string of the molecule is Cc1cc(OC(C)C)ccc1-c1nn(-c2ccccc2)cc1/C=C1\SC(=S)N([C@@H](C)c2ccccc2)C1=O. The summed E-state index contributed by atoms with van der Waals surface area (Å²) in [5.41, 5.74) is 5.65. The van der Waals surface area contributed by atoms with Crippen molar-refractivity contribution in [3.63, 3.8) is 0 Å². The molecule has 0 unspecified atom stereocenters. The van der Waals surface area contributed by atoms with E-state index in [2.05, 4.69) is 6.92 Å². The molecule has 0 bridgehead atoms. The maximum Gasteiger partial charge on any atom is 0.266 e. The molecule has 1 aliphatic heterocycles. The van der Waals surface area contributed by atoms with Crippen molar-refractivity contribution in [2.24, 2.45) is 0 Å². The normalized spacial score (nSPS) is 15.5. The van der Waals surface area contributed by atoms with Crippen LogP contribution in [0.15, 0.2) is 90.0 Å². The summed E-state index contributed by atoms with van der Waals surface area (Å²) >= 11 is 6.99. The lowest BCUT2D eigenvalue weighted by Crippen LogP contribution is -2.30. The Morgan fingerprint density at radius 2 is 1.66 bits per heavy atom. The third kappa shape index (κ3) is 5.30. The zero-order valence-corrected chi connectivity index (χ0v) is 23.4. The average molecular weight is 540 g/mol. The van der Waals surface area contributed by atoms with Crippen LogP contribution in [0.5, 0.6) is 5.75 Å². The lowest BCUT2D eigenvalue weighted by molar-refractivity contribution is -0.123. The van der Waals surface area contributed by atoms with Crippen molar-refractivity contribution >= 4 is 40.3 Å². The molecule has 1 atom stereocenters. The van der Waals surface area contributed by atoms with Crippen molar-refractivity contribution in [1.29, 1.82) is 0 Å². The van der Waals surface area contributed by atoms with Gasteiger partial charge in [-0.15, -0.1) is 0 Å². The Morgan fingerprint density at radius 1 is 0.974 bits per heavy atom. The molecule has 0 N–H and O–H groups in total. The maximum atomic E-state index is 13.6. The number of thiocarbonyl (C=S) groups is 1. The minimum Gasteiger partial charge on any atom is -0.491 e. The first-order chi connectivity index (χ1) is 18.3. The van der Waals surface area contributed by atoms with Crippen molar-refractivity contribution in [2.45, 2.75) is 39.8 Å². The molecule has 192 valence electrons. The van der Waals surface area contributed by atoms with Crippen LogP contribution in [0.2, 0.25) is 0 Å². The fourth-order valence-corrected chi connectivity index (χ4v) is 5.91. The van der Waals surface area contributed by atoms with Gasteiger partial charge in [-0.25, -0.2) is 4.68 Å². The maximum absolute atomic E-state index is 13.6. The van der Waals surface area contributed by atoms with Gasteiger partial charge in [0.1, 0.15) is 15.8 Å². The third-order valence-electron chi connectivity index (χ3n) is 6.37. The molecule has 0 spiro atoms. The summed E-state index contributed by atoms with van der Waals surface area (Å²) in [5.74, 6) is 0.730. The predicted molar refractivity (Wildman–Crippen MR) is 159 cm³/mol. The van der Waals surface area contributed by atoms with E-state index in [0.29, 0.717) is 9.23 Å². The highest BCUT2D eigenvalue weighted by molar-refractivity contribution is 8.26. The minimum atomic E-state index is -0.156. The number of hydrogen-bond acceptors (Lipinski definition) is 5. The number of aromatic nitrogens is 2. The second-order valence-electron chi connectivity index (χ2n) is 9.49. The lowest BCUT2D eigenvalue weighted by Gasteiger charge is -2.23. The van der Waals surface area contributed by atoms with Crippen molar-refractivity contribution in [3.05, 3.63) is 107 Å². The molecule has 1 fully saturated rings. The van der Waals surface area contributed by atoms with E-state index < -0.39 is 0 Å². The molecule has 3 aromatic carbocycles. The highest BCUT2D eigenvalue weighted by Crippen LogP contribution is 2.39. The predicted octanol–water partition coefficient (Wildman–Crippen LogP) is 7.60.